The summed E-state index contributed by atoms with van der Waals surface area (Å²) in [7, 11) is -2.15. The fourth-order valence-electron chi connectivity index (χ4n) is 3.40. The van der Waals surface area contributed by atoms with Crippen LogP contribution in [0.25, 0.3) is 11.1 Å². The van der Waals surface area contributed by atoms with Gasteiger partial charge in [-0.2, -0.15) is 8.42 Å². The van der Waals surface area contributed by atoms with Gasteiger partial charge in [0.15, 0.2) is 0 Å². The van der Waals surface area contributed by atoms with E-state index in [1.54, 1.807) is 31.4 Å². The number of rotatable bonds is 12. The molecule has 0 amide bonds. The Morgan fingerprint density at radius 2 is 1.45 bits per heavy atom. The molecule has 0 saturated carbocycles. The summed E-state index contributed by atoms with van der Waals surface area (Å²) >= 11 is 5.98. The Balaban J connectivity index is 1.54. The molecule has 0 bridgehead atoms. The quantitative estimate of drug-likeness (QED) is 0.164. The highest BCUT2D eigenvalue weighted by Gasteiger charge is 2.16. The van der Waals surface area contributed by atoms with Crippen LogP contribution in [0.1, 0.15) is 36.5 Å². The van der Waals surface area contributed by atoms with Crippen LogP contribution in [0.15, 0.2) is 77.7 Å². The van der Waals surface area contributed by atoms with Crippen LogP contribution in [-0.4, -0.2) is 28.9 Å². The summed E-state index contributed by atoms with van der Waals surface area (Å²) < 4.78 is 40.8. The molecule has 5 nitrogen and oxygen atoms in total. The maximum Gasteiger partial charge on any atom is 0.296 e. The lowest BCUT2D eigenvalue weighted by molar-refractivity contribution is -0.0765. The van der Waals surface area contributed by atoms with Crippen LogP contribution in [0.4, 0.5) is 0 Å². The van der Waals surface area contributed by atoms with E-state index in [1.165, 1.54) is 0 Å². The molecule has 0 aliphatic heterocycles. The van der Waals surface area contributed by atoms with E-state index in [-0.39, 0.29) is 24.4 Å². The molecule has 0 aliphatic carbocycles. The average molecular weight is 489 g/mol. The fourth-order valence-corrected chi connectivity index (χ4v) is 4.47. The molecule has 0 aliphatic rings. The van der Waals surface area contributed by atoms with Crippen LogP contribution in [-0.2, 0) is 23.8 Å². The van der Waals surface area contributed by atoms with Gasteiger partial charge in [-0.05, 0) is 67.1 Å². The van der Waals surface area contributed by atoms with Gasteiger partial charge in [0, 0.05) is 12.1 Å². The average Bonchev–Trinajstić information content (AvgIpc) is 2.82. The molecule has 0 radical (unpaired) electrons. The lowest BCUT2D eigenvalue weighted by Gasteiger charge is -2.18. The van der Waals surface area contributed by atoms with E-state index in [2.05, 4.69) is 12.1 Å². The summed E-state index contributed by atoms with van der Waals surface area (Å²) in [5.74, 6) is 0. The number of hydrogen-bond donors (Lipinski definition) is 0. The Kier molecular flexibility index (Phi) is 9.47. The summed E-state index contributed by atoms with van der Waals surface area (Å²) in [5, 5.41) is 0.707. The van der Waals surface area contributed by atoms with Gasteiger partial charge in [0.2, 0.25) is 0 Å². The fraction of sp³-hybridized carbons (Fsp3) is 0.308. The molecule has 3 rings (SSSR count). The van der Waals surface area contributed by atoms with Crippen LogP contribution < -0.4 is 0 Å². The van der Waals surface area contributed by atoms with Crippen LogP contribution in [0.2, 0.25) is 5.02 Å². The summed E-state index contributed by atoms with van der Waals surface area (Å²) in [6.45, 7) is 2.22. The van der Waals surface area contributed by atoms with Gasteiger partial charge < -0.3 is 9.47 Å². The van der Waals surface area contributed by atoms with Gasteiger partial charge in [-0.3, -0.25) is 4.18 Å². The van der Waals surface area contributed by atoms with Gasteiger partial charge in [0.25, 0.3) is 10.1 Å². The molecule has 0 aromatic heterocycles. The first-order chi connectivity index (χ1) is 15.9. The van der Waals surface area contributed by atoms with Crippen molar-refractivity contribution in [3.8, 4) is 11.1 Å². The van der Waals surface area contributed by atoms with E-state index >= 15 is 0 Å². The highest BCUT2D eigenvalue weighted by atomic mass is 35.5. The Morgan fingerprint density at radius 3 is 2.06 bits per heavy atom. The van der Waals surface area contributed by atoms with Gasteiger partial charge in [0.05, 0.1) is 17.6 Å². The maximum atomic E-state index is 12.3. The van der Waals surface area contributed by atoms with E-state index in [1.807, 2.05) is 43.3 Å². The van der Waals surface area contributed by atoms with E-state index in [9.17, 15) is 8.42 Å². The zero-order chi connectivity index (χ0) is 23.7. The van der Waals surface area contributed by atoms with E-state index in [0.29, 0.717) is 11.4 Å². The van der Waals surface area contributed by atoms with Crippen molar-refractivity contribution >= 4 is 21.7 Å². The predicted octanol–water partition coefficient (Wildman–Crippen LogP) is 6.55. The molecule has 0 saturated heterocycles. The number of hydrogen-bond acceptors (Lipinski definition) is 5. The minimum absolute atomic E-state index is 0.128. The van der Waals surface area contributed by atoms with Gasteiger partial charge in [-0.1, -0.05) is 65.7 Å². The number of unbranched alkanes of at least 4 members (excludes halogenated alkanes) is 1. The maximum absolute atomic E-state index is 12.3. The first kappa shape index (κ1) is 25.4. The van der Waals surface area contributed by atoms with Crippen molar-refractivity contribution in [2.45, 2.75) is 37.2 Å². The Bertz CT molecular complexity index is 1090. The first-order valence-corrected chi connectivity index (χ1v) is 12.6. The van der Waals surface area contributed by atoms with E-state index < -0.39 is 10.1 Å². The lowest BCUT2D eigenvalue weighted by atomic mass is 9.99. The molecule has 3 aromatic rings. The molecule has 176 valence electrons. The summed E-state index contributed by atoms with van der Waals surface area (Å²) in [6.07, 6.45) is 1.91. The minimum Gasteiger partial charge on any atom is -0.359 e. The SMILES string of the molecule is COCOC(CCCCOS(=O)(=O)c1ccc(C)cc1)c1ccc(-c2ccc(Cl)cc2)cc1. The number of aryl methyl sites for hydroxylation is 1. The van der Waals surface area contributed by atoms with Gasteiger partial charge in [-0.25, -0.2) is 0 Å². The molecule has 0 heterocycles. The normalized spacial score (nSPS) is 12.6. The minimum atomic E-state index is -3.74. The zero-order valence-electron chi connectivity index (χ0n) is 18.9. The molecule has 7 heteroatoms. The second kappa shape index (κ2) is 12.3. The second-order valence-electron chi connectivity index (χ2n) is 7.78. The number of benzene rings is 3. The molecule has 0 spiro atoms. The van der Waals surface area contributed by atoms with Crippen LogP contribution >= 0.6 is 11.6 Å². The Labute approximate surface area is 201 Å². The molecule has 1 unspecified atom stereocenters. The van der Waals surface area contributed by atoms with E-state index in [4.69, 9.17) is 25.3 Å². The molecule has 1 atom stereocenters. The standard InChI is InChI=1S/C26H29ClO5S/c1-20-6-16-25(17-7-20)33(28,29)32-18-4-3-5-26(31-19-30-2)23-10-8-21(9-11-23)22-12-14-24(27)15-13-22/h6-17,26H,3-5,18-19H2,1-2H3. The summed E-state index contributed by atoms with van der Waals surface area (Å²) in [6, 6.07) is 22.6. The smallest absolute Gasteiger partial charge is 0.296 e. The molecular formula is C26H29ClO5S. The largest absolute Gasteiger partial charge is 0.359 e. The lowest BCUT2D eigenvalue weighted by Crippen LogP contribution is -2.09. The van der Waals surface area contributed by atoms with Gasteiger partial charge in [-0.15, -0.1) is 0 Å². The van der Waals surface area contributed by atoms with Gasteiger partial charge >= 0.3 is 0 Å². The number of methoxy groups -OCH3 is 1. The van der Waals surface area contributed by atoms with Crippen molar-refractivity contribution in [2.75, 3.05) is 20.5 Å². The third-order valence-electron chi connectivity index (χ3n) is 5.26. The van der Waals surface area contributed by atoms with Crippen molar-refractivity contribution in [3.05, 3.63) is 88.9 Å². The monoisotopic (exact) mass is 488 g/mol. The third kappa shape index (κ3) is 7.66. The van der Waals surface area contributed by atoms with Crippen LogP contribution in [0.3, 0.4) is 0 Å². The molecule has 0 N–H and O–H groups in total. The summed E-state index contributed by atoms with van der Waals surface area (Å²) in [5.41, 5.74) is 4.22. The molecule has 33 heavy (non-hydrogen) atoms. The van der Waals surface area contributed by atoms with Crippen molar-refractivity contribution < 1.29 is 22.1 Å². The molecule has 3 aromatic carbocycles. The van der Waals surface area contributed by atoms with E-state index in [0.717, 1.165) is 35.1 Å². The van der Waals surface area contributed by atoms with Crippen molar-refractivity contribution in [1.82, 2.24) is 0 Å². The topological polar surface area (TPSA) is 61.8 Å². The van der Waals surface area contributed by atoms with Crippen molar-refractivity contribution in [3.63, 3.8) is 0 Å². The third-order valence-corrected chi connectivity index (χ3v) is 6.83. The highest BCUT2D eigenvalue weighted by Crippen LogP contribution is 2.28. The molecule has 0 fully saturated rings. The number of halogens is 1. The van der Waals surface area contributed by atoms with Crippen molar-refractivity contribution in [2.24, 2.45) is 0 Å². The van der Waals surface area contributed by atoms with Crippen LogP contribution in [0, 0.1) is 6.92 Å². The Hall–Kier alpha value is -2.22. The van der Waals surface area contributed by atoms with Crippen LogP contribution in [0.5, 0.6) is 0 Å². The predicted molar refractivity (Wildman–Crippen MR) is 131 cm³/mol. The zero-order valence-corrected chi connectivity index (χ0v) is 20.4. The van der Waals surface area contributed by atoms with Gasteiger partial charge in [0.1, 0.15) is 6.79 Å². The first-order valence-electron chi connectivity index (χ1n) is 10.8. The highest BCUT2D eigenvalue weighted by molar-refractivity contribution is 7.86. The van der Waals surface area contributed by atoms with Crippen molar-refractivity contribution in [1.29, 1.82) is 0 Å². The second-order valence-corrected chi connectivity index (χ2v) is 9.83. The Morgan fingerprint density at radius 1 is 0.848 bits per heavy atom. The molecular weight excluding hydrogens is 460 g/mol. The summed E-state index contributed by atoms with van der Waals surface area (Å²) in [4.78, 5) is 0.176. The number of ether oxygens (including phenoxy) is 2.